The van der Waals surface area contributed by atoms with Crippen molar-refractivity contribution in [3.8, 4) is 28.5 Å². The number of nitriles is 2. The third kappa shape index (κ3) is 3.35. The molecule has 3 N–H and O–H groups in total. The molecule has 0 saturated carbocycles. The predicted molar refractivity (Wildman–Crippen MR) is 116 cm³/mol. The maximum absolute atomic E-state index is 13.2. The van der Waals surface area contributed by atoms with E-state index in [0.717, 1.165) is 6.07 Å². The summed E-state index contributed by atoms with van der Waals surface area (Å²) in [5, 5.41) is 26.8. The number of hydrogen-bond donors (Lipinski definition) is 2. The number of nitrogens with two attached hydrogens (primary N) is 1. The van der Waals surface area contributed by atoms with Gasteiger partial charge < -0.3 is 10.5 Å². The van der Waals surface area contributed by atoms with Gasteiger partial charge in [0.15, 0.2) is 0 Å². The number of rotatable bonds is 3. The highest BCUT2D eigenvalue weighted by atomic mass is 32.1. The molecule has 0 bridgehead atoms. The van der Waals surface area contributed by atoms with Crippen molar-refractivity contribution in [3.63, 3.8) is 0 Å². The number of alkyl halides is 3. The van der Waals surface area contributed by atoms with Gasteiger partial charge in [0.1, 0.15) is 16.5 Å². The predicted octanol–water partition coefficient (Wildman–Crippen LogP) is 5.37. The average molecular weight is 469 g/mol. The number of aromatic amines is 1. The molecule has 0 radical (unpaired) electrons. The highest BCUT2D eigenvalue weighted by Crippen LogP contribution is 2.53. The van der Waals surface area contributed by atoms with Crippen LogP contribution < -0.4 is 10.5 Å². The summed E-state index contributed by atoms with van der Waals surface area (Å²) in [5.74, 6) is -0.137. The minimum absolute atomic E-state index is 0.107. The largest absolute Gasteiger partial charge is 0.425 e. The van der Waals surface area contributed by atoms with E-state index in [1.807, 2.05) is 13.8 Å². The summed E-state index contributed by atoms with van der Waals surface area (Å²) < 4.78 is 45.2. The van der Waals surface area contributed by atoms with Crippen molar-refractivity contribution in [1.82, 2.24) is 10.2 Å². The Labute approximate surface area is 191 Å². The van der Waals surface area contributed by atoms with E-state index in [2.05, 4.69) is 22.3 Å². The zero-order valence-electron chi connectivity index (χ0n) is 17.8. The number of aryl methyl sites for hydroxylation is 1. The number of nitrogens with one attached hydrogen (secondary N) is 1. The van der Waals surface area contributed by atoms with Gasteiger partial charge in [-0.3, -0.25) is 5.10 Å². The highest BCUT2D eigenvalue weighted by Gasteiger charge is 2.50. The van der Waals surface area contributed by atoms with Crippen molar-refractivity contribution in [1.29, 1.82) is 10.5 Å². The molecule has 0 fully saturated rings. The molecular weight excluding hydrogens is 451 g/mol. The fourth-order valence-electron chi connectivity index (χ4n) is 4.47. The monoisotopic (exact) mass is 469 g/mol. The van der Waals surface area contributed by atoms with Gasteiger partial charge in [-0.1, -0.05) is 13.8 Å². The molecule has 0 aliphatic carbocycles. The van der Waals surface area contributed by atoms with Gasteiger partial charge in [0.2, 0.25) is 11.8 Å². The van der Waals surface area contributed by atoms with Crippen LogP contribution in [0.15, 0.2) is 41.8 Å². The number of thiophene rings is 1. The Bertz CT molecular complexity index is 1370. The number of halogens is 3. The summed E-state index contributed by atoms with van der Waals surface area (Å²) in [6, 6.07) is 11.5. The van der Waals surface area contributed by atoms with Crippen LogP contribution in [0.1, 0.15) is 41.1 Å². The van der Waals surface area contributed by atoms with E-state index in [1.165, 1.54) is 12.1 Å². The summed E-state index contributed by atoms with van der Waals surface area (Å²) in [4.78, 5) is -0.382. The fourth-order valence-corrected chi connectivity index (χ4v) is 5.33. The highest BCUT2D eigenvalue weighted by molar-refractivity contribution is 7.15. The Morgan fingerprint density at radius 2 is 1.91 bits per heavy atom. The number of aromatic nitrogens is 2. The molecule has 3 heterocycles. The lowest BCUT2D eigenvalue weighted by Gasteiger charge is -2.41. The zero-order valence-corrected chi connectivity index (χ0v) is 18.6. The molecule has 0 saturated heterocycles. The first-order valence-electron chi connectivity index (χ1n) is 9.90. The van der Waals surface area contributed by atoms with E-state index >= 15 is 0 Å². The number of H-pyrrole nitrogens is 1. The van der Waals surface area contributed by atoms with Gasteiger partial charge in [0, 0.05) is 10.6 Å². The van der Waals surface area contributed by atoms with Crippen molar-refractivity contribution >= 4 is 11.3 Å². The van der Waals surface area contributed by atoms with Gasteiger partial charge >= 0.3 is 6.18 Å². The molecule has 3 aromatic rings. The maximum atomic E-state index is 13.2. The van der Waals surface area contributed by atoms with Gasteiger partial charge in [-0.05, 0) is 54.3 Å². The van der Waals surface area contributed by atoms with Crippen LogP contribution in [0.3, 0.4) is 0 Å². The molecule has 4 rings (SSSR count). The molecular formula is C23H18F3N5OS. The van der Waals surface area contributed by atoms with Crippen LogP contribution >= 0.6 is 11.3 Å². The number of fused-ring (bicyclic) bond motifs is 1. The molecule has 1 unspecified atom stereocenters. The smallest absolute Gasteiger partial charge is 0.420 e. The van der Waals surface area contributed by atoms with Gasteiger partial charge in [-0.25, -0.2) is 0 Å². The van der Waals surface area contributed by atoms with E-state index in [9.17, 15) is 23.7 Å². The van der Waals surface area contributed by atoms with Gasteiger partial charge in [-0.2, -0.15) is 23.7 Å². The molecule has 10 heteroatoms. The number of nitrogens with zero attached hydrogens (tertiary/aromatic N) is 3. The van der Waals surface area contributed by atoms with Crippen molar-refractivity contribution in [2.45, 2.75) is 32.4 Å². The van der Waals surface area contributed by atoms with Crippen molar-refractivity contribution in [2.75, 3.05) is 0 Å². The Kier molecular flexibility index (Phi) is 5.22. The molecule has 1 aliphatic rings. The van der Waals surface area contributed by atoms with E-state index in [0.29, 0.717) is 38.6 Å². The van der Waals surface area contributed by atoms with Crippen LogP contribution in [-0.4, -0.2) is 10.2 Å². The lowest BCUT2D eigenvalue weighted by atomic mass is 9.61. The summed E-state index contributed by atoms with van der Waals surface area (Å²) in [6.45, 7) is 5.59. The molecule has 2 aromatic heterocycles. The normalized spacial score (nSPS) is 18.0. The van der Waals surface area contributed by atoms with E-state index < -0.39 is 16.5 Å². The molecule has 1 aliphatic heterocycles. The van der Waals surface area contributed by atoms with Crippen LogP contribution in [-0.2, 0) is 11.6 Å². The first kappa shape index (κ1) is 22.4. The second-order valence-electron chi connectivity index (χ2n) is 8.02. The topological polar surface area (TPSA) is 112 Å². The second kappa shape index (κ2) is 7.68. The lowest BCUT2D eigenvalue weighted by Crippen LogP contribution is -2.41. The third-order valence-electron chi connectivity index (χ3n) is 5.82. The third-order valence-corrected chi connectivity index (χ3v) is 7.00. The molecule has 0 amide bonds. The molecule has 0 spiro atoms. The summed E-state index contributed by atoms with van der Waals surface area (Å²) in [6.07, 6.45) is -4.47. The Morgan fingerprint density at radius 1 is 1.18 bits per heavy atom. The van der Waals surface area contributed by atoms with Crippen LogP contribution in [0.25, 0.3) is 10.4 Å². The Morgan fingerprint density at radius 3 is 2.48 bits per heavy atom. The van der Waals surface area contributed by atoms with E-state index in [-0.39, 0.29) is 28.8 Å². The lowest BCUT2D eigenvalue weighted by molar-refractivity contribution is -0.134. The maximum Gasteiger partial charge on any atom is 0.425 e. The summed E-state index contributed by atoms with van der Waals surface area (Å²) in [7, 11) is 0. The van der Waals surface area contributed by atoms with Gasteiger partial charge in [0.25, 0.3) is 0 Å². The first-order valence-corrected chi connectivity index (χ1v) is 10.7. The minimum atomic E-state index is -4.47. The zero-order chi connectivity index (χ0) is 24.1. The quantitative estimate of drug-likeness (QED) is 0.536. The van der Waals surface area contributed by atoms with Crippen molar-refractivity contribution in [3.05, 3.63) is 69.0 Å². The molecule has 6 nitrogen and oxygen atoms in total. The second-order valence-corrected chi connectivity index (χ2v) is 9.10. The van der Waals surface area contributed by atoms with E-state index in [4.69, 9.17) is 10.5 Å². The summed E-state index contributed by atoms with van der Waals surface area (Å²) in [5.41, 5.74) is 7.63. The SMILES string of the molecule is Cc1[nH]nc2c1C(c1cc(C#N)cc(-c3ccc(C(F)(F)F)s3)c1)(C(C)C)C(C#N)=C(N)O2. The molecule has 168 valence electrons. The van der Waals surface area contributed by atoms with Gasteiger partial charge in [-0.15, -0.1) is 16.4 Å². The average Bonchev–Trinajstić information content (AvgIpc) is 3.40. The molecule has 1 atom stereocenters. The molecule has 1 aromatic carbocycles. The Hall–Kier alpha value is -3.76. The summed E-state index contributed by atoms with van der Waals surface area (Å²) >= 11 is 0.593. The number of benzene rings is 1. The first-order chi connectivity index (χ1) is 15.5. The number of allylic oxidation sites excluding steroid dienone is 1. The number of hydrogen-bond acceptors (Lipinski definition) is 6. The van der Waals surface area contributed by atoms with Crippen LogP contribution in [0.5, 0.6) is 5.88 Å². The Balaban J connectivity index is 2.05. The van der Waals surface area contributed by atoms with Crippen LogP contribution in [0.2, 0.25) is 0 Å². The van der Waals surface area contributed by atoms with Crippen molar-refractivity contribution in [2.24, 2.45) is 11.7 Å². The van der Waals surface area contributed by atoms with Crippen molar-refractivity contribution < 1.29 is 17.9 Å². The fraction of sp³-hybridized carbons (Fsp3) is 0.261. The van der Waals surface area contributed by atoms with E-state index in [1.54, 1.807) is 19.1 Å². The van der Waals surface area contributed by atoms with Gasteiger partial charge in [0.05, 0.1) is 22.6 Å². The molecule has 33 heavy (non-hydrogen) atoms. The standard InChI is InChI=1S/C23H18F3N5OS/c1-11(2)22(16(10-28)20(29)32-21-19(22)12(3)30-31-21)15-7-13(9-27)6-14(8-15)17-4-5-18(33-17)23(24,25)26/h4-8,11H,29H2,1-3H3,(H,30,31). The number of ether oxygens (including phenoxy) is 1. The van der Waals surface area contributed by atoms with Crippen LogP contribution in [0.4, 0.5) is 13.2 Å². The van der Waals surface area contributed by atoms with Crippen LogP contribution in [0, 0.1) is 35.5 Å². The minimum Gasteiger partial charge on any atom is -0.420 e.